The van der Waals surface area contributed by atoms with Crippen LogP contribution in [0.5, 0.6) is 0 Å². The molecule has 0 aromatic heterocycles. The minimum Gasteiger partial charge on any atom is -0.368 e. The Hall–Kier alpha value is -0.650. The van der Waals surface area contributed by atoms with Crippen molar-refractivity contribution in [2.24, 2.45) is 17.6 Å². The molecule has 1 saturated carbocycles. The minimum atomic E-state index is -0.546. The average Bonchev–Trinajstić information content (AvgIpc) is 3.18. The lowest BCUT2D eigenvalue weighted by Crippen LogP contribution is -2.63. The van der Waals surface area contributed by atoms with E-state index in [1.807, 2.05) is 6.92 Å². The maximum absolute atomic E-state index is 12.2. The van der Waals surface area contributed by atoms with Crippen molar-refractivity contribution in [1.29, 1.82) is 0 Å². The fraction of sp³-hybridized carbons (Fsp3) is 0.938. The second kappa shape index (κ2) is 8.11. The third-order valence-corrected chi connectivity index (χ3v) is 4.17. The van der Waals surface area contributed by atoms with Crippen LogP contribution in [0.1, 0.15) is 33.6 Å². The second-order valence-corrected chi connectivity index (χ2v) is 7.07. The Labute approximate surface area is 130 Å². The molecule has 0 bridgehead atoms. The molecule has 0 aliphatic heterocycles. The highest BCUT2D eigenvalue weighted by Gasteiger charge is 2.50. The molecule has 0 aromatic rings. The SMILES string of the molecule is CCNC(CN(CCN(C)C)CC(C)C)(C(N)=O)C1CC1. The normalized spacial score (nSPS) is 18.5. The van der Waals surface area contributed by atoms with Crippen LogP contribution in [0.2, 0.25) is 0 Å². The van der Waals surface area contributed by atoms with Crippen molar-refractivity contribution in [3.05, 3.63) is 0 Å². The summed E-state index contributed by atoms with van der Waals surface area (Å²) in [5.74, 6) is 0.799. The molecule has 0 spiro atoms. The summed E-state index contributed by atoms with van der Waals surface area (Å²) in [7, 11) is 4.17. The highest BCUT2D eigenvalue weighted by atomic mass is 16.1. The van der Waals surface area contributed by atoms with Crippen molar-refractivity contribution in [1.82, 2.24) is 15.1 Å². The average molecular weight is 298 g/mol. The number of carbonyl (C=O) groups excluding carboxylic acids is 1. The van der Waals surface area contributed by atoms with E-state index in [0.717, 1.165) is 45.6 Å². The Morgan fingerprint density at radius 3 is 2.33 bits per heavy atom. The molecule has 5 heteroatoms. The number of carbonyl (C=O) groups is 1. The monoisotopic (exact) mass is 298 g/mol. The standard InChI is InChI=1S/C16H34N4O/c1-6-18-16(15(17)21,14-7-8-14)12-20(11-13(2)3)10-9-19(4)5/h13-14,18H,6-12H2,1-5H3,(H2,17,21). The molecular weight excluding hydrogens is 264 g/mol. The summed E-state index contributed by atoms with van der Waals surface area (Å²) in [5, 5.41) is 3.42. The van der Waals surface area contributed by atoms with E-state index in [-0.39, 0.29) is 5.91 Å². The molecule has 0 aromatic carbocycles. The van der Waals surface area contributed by atoms with E-state index in [4.69, 9.17) is 5.73 Å². The molecule has 5 nitrogen and oxygen atoms in total. The van der Waals surface area contributed by atoms with Gasteiger partial charge in [-0.3, -0.25) is 9.69 Å². The summed E-state index contributed by atoms with van der Waals surface area (Å²) in [6.07, 6.45) is 2.22. The maximum Gasteiger partial charge on any atom is 0.239 e. The molecule has 0 saturated heterocycles. The minimum absolute atomic E-state index is 0.189. The quantitative estimate of drug-likeness (QED) is 0.591. The zero-order chi connectivity index (χ0) is 16.0. The molecule has 1 aliphatic rings. The summed E-state index contributed by atoms with van der Waals surface area (Å²) in [4.78, 5) is 16.8. The van der Waals surface area contributed by atoms with Gasteiger partial charge in [-0.25, -0.2) is 0 Å². The molecular formula is C16H34N4O. The van der Waals surface area contributed by atoms with Gasteiger partial charge < -0.3 is 16.0 Å². The Morgan fingerprint density at radius 2 is 1.95 bits per heavy atom. The smallest absolute Gasteiger partial charge is 0.239 e. The molecule has 0 radical (unpaired) electrons. The third kappa shape index (κ3) is 5.57. The first-order valence-corrected chi connectivity index (χ1v) is 8.23. The molecule has 1 amide bonds. The number of nitrogens with two attached hydrogens (primary N) is 1. The van der Waals surface area contributed by atoms with Crippen molar-refractivity contribution >= 4 is 5.91 Å². The molecule has 1 fully saturated rings. The zero-order valence-corrected chi connectivity index (χ0v) is 14.5. The summed E-state index contributed by atoms with van der Waals surface area (Å²) < 4.78 is 0. The van der Waals surface area contributed by atoms with Crippen LogP contribution in [-0.4, -0.2) is 68.1 Å². The van der Waals surface area contributed by atoms with Gasteiger partial charge in [0.1, 0.15) is 5.54 Å². The Kier molecular flexibility index (Phi) is 7.10. The largest absolute Gasteiger partial charge is 0.368 e. The van der Waals surface area contributed by atoms with Crippen molar-refractivity contribution in [3.8, 4) is 0 Å². The van der Waals surface area contributed by atoms with Crippen LogP contribution in [-0.2, 0) is 4.79 Å². The van der Waals surface area contributed by atoms with E-state index >= 15 is 0 Å². The van der Waals surface area contributed by atoms with Gasteiger partial charge >= 0.3 is 0 Å². The van der Waals surface area contributed by atoms with Crippen molar-refractivity contribution in [2.45, 2.75) is 39.2 Å². The van der Waals surface area contributed by atoms with E-state index in [9.17, 15) is 4.79 Å². The number of amides is 1. The van der Waals surface area contributed by atoms with Crippen molar-refractivity contribution in [2.75, 3.05) is 46.8 Å². The van der Waals surface area contributed by atoms with Crippen LogP contribution in [0.4, 0.5) is 0 Å². The van der Waals surface area contributed by atoms with Crippen LogP contribution in [0, 0.1) is 11.8 Å². The zero-order valence-electron chi connectivity index (χ0n) is 14.5. The molecule has 1 unspecified atom stereocenters. The highest BCUT2D eigenvalue weighted by Crippen LogP contribution is 2.40. The number of nitrogens with one attached hydrogen (secondary N) is 1. The van der Waals surface area contributed by atoms with Crippen molar-refractivity contribution in [3.63, 3.8) is 0 Å². The molecule has 21 heavy (non-hydrogen) atoms. The number of primary amides is 1. The summed E-state index contributed by atoms with van der Waals surface area (Å²) in [6.45, 7) is 11.0. The van der Waals surface area contributed by atoms with Gasteiger partial charge in [-0.05, 0) is 45.3 Å². The lowest BCUT2D eigenvalue weighted by Gasteiger charge is -2.38. The Balaban J connectivity index is 2.80. The van der Waals surface area contributed by atoms with Crippen LogP contribution >= 0.6 is 0 Å². The van der Waals surface area contributed by atoms with Gasteiger partial charge in [0.25, 0.3) is 0 Å². The van der Waals surface area contributed by atoms with Crippen LogP contribution in [0.15, 0.2) is 0 Å². The van der Waals surface area contributed by atoms with E-state index < -0.39 is 5.54 Å². The molecule has 1 aliphatic carbocycles. The molecule has 0 heterocycles. The number of nitrogens with zero attached hydrogens (tertiary/aromatic N) is 2. The Bertz CT molecular complexity index is 328. The van der Waals surface area contributed by atoms with Gasteiger partial charge in [-0.1, -0.05) is 20.8 Å². The fourth-order valence-corrected chi connectivity index (χ4v) is 3.03. The fourth-order valence-electron chi connectivity index (χ4n) is 3.03. The van der Waals surface area contributed by atoms with Gasteiger partial charge in [-0.15, -0.1) is 0 Å². The topological polar surface area (TPSA) is 61.6 Å². The predicted octanol–water partition coefficient (Wildman–Crippen LogP) is 0.750. The van der Waals surface area contributed by atoms with Crippen LogP contribution in [0.25, 0.3) is 0 Å². The molecule has 124 valence electrons. The van der Waals surface area contributed by atoms with Crippen molar-refractivity contribution < 1.29 is 4.79 Å². The molecule has 1 atom stereocenters. The van der Waals surface area contributed by atoms with E-state index in [2.05, 4.69) is 43.1 Å². The summed E-state index contributed by atoms with van der Waals surface area (Å²) >= 11 is 0. The first-order valence-electron chi connectivity index (χ1n) is 8.23. The van der Waals surface area contributed by atoms with Crippen LogP contribution in [0.3, 0.4) is 0 Å². The van der Waals surface area contributed by atoms with Gasteiger partial charge in [-0.2, -0.15) is 0 Å². The van der Waals surface area contributed by atoms with E-state index in [0.29, 0.717) is 11.8 Å². The van der Waals surface area contributed by atoms with Gasteiger partial charge in [0.2, 0.25) is 5.91 Å². The van der Waals surface area contributed by atoms with Gasteiger partial charge in [0.15, 0.2) is 0 Å². The number of hydrogen-bond acceptors (Lipinski definition) is 4. The van der Waals surface area contributed by atoms with Crippen LogP contribution < -0.4 is 11.1 Å². The summed E-state index contributed by atoms with van der Waals surface area (Å²) in [6, 6.07) is 0. The van der Waals surface area contributed by atoms with Gasteiger partial charge in [0, 0.05) is 26.2 Å². The Morgan fingerprint density at radius 1 is 1.33 bits per heavy atom. The van der Waals surface area contributed by atoms with Gasteiger partial charge in [0.05, 0.1) is 0 Å². The first kappa shape index (κ1) is 18.4. The molecule has 3 N–H and O–H groups in total. The molecule has 1 rings (SSSR count). The summed E-state index contributed by atoms with van der Waals surface area (Å²) in [5.41, 5.74) is 5.25. The first-order chi connectivity index (χ1) is 9.81. The predicted molar refractivity (Wildman–Crippen MR) is 88.2 cm³/mol. The number of rotatable bonds is 11. The van der Waals surface area contributed by atoms with E-state index in [1.165, 1.54) is 0 Å². The van der Waals surface area contributed by atoms with E-state index in [1.54, 1.807) is 0 Å². The maximum atomic E-state index is 12.2. The number of hydrogen-bond donors (Lipinski definition) is 2. The highest BCUT2D eigenvalue weighted by molar-refractivity contribution is 5.86. The second-order valence-electron chi connectivity index (χ2n) is 7.07. The third-order valence-electron chi connectivity index (χ3n) is 4.17. The number of likely N-dealkylation sites (N-methyl/N-ethyl adjacent to an activating group) is 2. The lowest BCUT2D eigenvalue weighted by molar-refractivity contribution is -0.126. The lowest BCUT2D eigenvalue weighted by atomic mass is 9.90.